The van der Waals surface area contributed by atoms with Crippen molar-refractivity contribution in [3.05, 3.63) is 82.9 Å². The zero-order valence-corrected chi connectivity index (χ0v) is 21.1. The molecule has 4 N–H and O–H groups in total. The Morgan fingerprint density at radius 2 is 1.85 bits per heavy atom. The second-order valence-electron chi connectivity index (χ2n) is 9.53. The summed E-state index contributed by atoms with van der Waals surface area (Å²) in [6.07, 6.45) is 3.93. The first-order valence-electron chi connectivity index (χ1n) is 11.7. The van der Waals surface area contributed by atoms with E-state index in [1.807, 2.05) is 20.8 Å². The number of halogens is 1. The van der Waals surface area contributed by atoms with Gasteiger partial charge in [0, 0.05) is 42.1 Å². The van der Waals surface area contributed by atoms with Gasteiger partial charge in [0.05, 0.1) is 23.3 Å². The van der Waals surface area contributed by atoms with E-state index in [1.165, 1.54) is 41.3 Å². The average molecular weight is 531 g/mol. The molecule has 12 nitrogen and oxygen atoms in total. The number of nitrogens with one attached hydrogen (secondary N) is 3. The van der Waals surface area contributed by atoms with Gasteiger partial charge in [-0.1, -0.05) is 20.8 Å². The van der Waals surface area contributed by atoms with Gasteiger partial charge in [-0.3, -0.25) is 10.1 Å². The number of aromatic nitrogens is 6. The lowest BCUT2D eigenvalue weighted by Gasteiger charge is -2.14. The molecule has 0 unspecified atom stereocenters. The maximum absolute atomic E-state index is 14.9. The summed E-state index contributed by atoms with van der Waals surface area (Å²) < 4.78 is 22.1. The number of ether oxygens (including phenoxy) is 1. The Morgan fingerprint density at radius 3 is 2.59 bits per heavy atom. The molecule has 1 aromatic carbocycles. The molecule has 39 heavy (non-hydrogen) atoms. The van der Waals surface area contributed by atoms with Crippen LogP contribution in [0, 0.1) is 5.82 Å². The maximum atomic E-state index is 14.9. The summed E-state index contributed by atoms with van der Waals surface area (Å²) in [6.45, 7) is 5.91. The molecule has 0 spiro atoms. The molecule has 5 aromatic rings. The molecule has 0 saturated heterocycles. The zero-order chi connectivity index (χ0) is 27.7. The normalized spacial score (nSPS) is 11.4. The van der Waals surface area contributed by atoms with E-state index < -0.39 is 17.4 Å². The molecule has 0 bridgehead atoms. The fraction of sp³-hybridized carbons (Fsp3) is 0.154. The van der Waals surface area contributed by atoms with Gasteiger partial charge in [-0.05, 0) is 18.2 Å². The van der Waals surface area contributed by atoms with Crippen LogP contribution in [0.25, 0.3) is 16.9 Å². The lowest BCUT2D eigenvalue weighted by Crippen LogP contribution is -2.22. The van der Waals surface area contributed by atoms with Crippen LogP contribution < -0.4 is 20.9 Å². The summed E-state index contributed by atoms with van der Waals surface area (Å²) in [5.41, 5.74) is 0.848. The van der Waals surface area contributed by atoms with Crippen LogP contribution in [-0.2, 0) is 5.41 Å². The molecule has 0 aliphatic heterocycles. The van der Waals surface area contributed by atoms with Crippen molar-refractivity contribution in [3.8, 4) is 23.1 Å². The van der Waals surface area contributed by atoms with Crippen LogP contribution in [0.15, 0.2) is 65.8 Å². The molecule has 0 radical (unpaired) electrons. The van der Waals surface area contributed by atoms with Gasteiger partial charge >= 0.3 is 6.03 Å². The number of aromatic hydroxyl groups is 1. The highest BCUT2D eigenvalue weighted by Crippen LogP contribution is 2.30. The van der Waals surface area contributed by atoms with Crippen molar-refractivity contribution in [3.63, 3.8) is 0 Å². The van der Waals surface area contributed by atoms with E-state index in [1.54, 1.807) is 12.1 Å². The smallest absolute Gasteiger partial charge is 0.324 e. The number of urea groups is 1. The minimum absolute atomic E-state index is 0.0921. The third-order valence-electron chi connectivity index (χ3n) is 5.55. The molecular formula is C26H23FN8O4. The van der Waals surface area contributed by atoms with Gasteiger partial charge in [0.1, 0.15) is 22.9 Å². The number of carbonyl (C=O) groups excluding carboxylic acids is 1. The molecule has 4 heterocycles. The summed E-state index contributed by atoms with van der Waals surface area (Å²) in [7, 11) is 0. The Morgan fingerprint density at radius 1 is 1.05 bits per heavy atom. The van der Waals surface area contributed by atoms with Gasteiger partial charge in [0.15, 0.2) is 11.4 Å². The third kappa shape index (κ3) is 5.51. The number of carbonyl (C=O) groups is 1. The maximum Gasteiger partial charge on any atom is 0.324 e. The van der Waals surface area contributed by atoms with Gasteiger partial charge in [-0.2, -0.15) is 5.10 Å². The Bertz CT molecular complexity index is 1760. The van der Waals surface area contributed by atoms with Crippen LogP contribution in [-0.4, -0.2) is 40.9 Å². The quantitative estimate of drug-likeness (QED) is 0.259. The number of hydrogen-bond donors (Lipinski definition) is 4. The van der Waals surface area contributed by atoms with Crippen LogP contribution in [0.3, 0.4) is 0 Å². The topological polar surface area (TPSA) is 160 Å². The lowest BCUT2D eigenvalue weighted by atomic mass is 9.92. The Kier molecular flexibility index (Phi) is 6.40. The van der Waals surface area contributed by atoms with Crippen molar-refractivity contribution in [1.29, 1.82) is 0 Å². The molecular weight excluding hydrogens is 507 g/mol. The van der Waals surface area contributed by atoms with E-state index in [-0.39, 0.29) is 34.1 Å². The van der Waals surface area contributed by atoms with Crippen LogP contribution in [0.1, 0.15) is 26.5 Å². The van der Waals surface area contributed by atoms with Crippen molar-refractivity contribution in [2.45, 2.75) is 26.2 Å². The Hall–Kier alpha value is -5.33. The minimum atomic E-state index is -0.745. The number of hydrogen-bond acceptors (Lipinski definition) is 8. The minimum Gasteiger partial charge on any atom is -0.493 e. The number of nitrogens with zero attached hydrogens (tertiary/aromatic N) is 5. The molecule has 5 rings (SSSR count). The first kappa shape index (κ1) is 25.3. The van der Waals surface area contributed by atoms with Crippen LogP contribution in [0.5, 0.6) is 17.4 Å². The lowest BCUT2D eigenvalue weighted by molar-refractivity contribution is 0.262. The SMILES string of the molecule is CC(C)(C)c1cc(NC(=O)Nc2ccc(Oc3ccnc4[nH]c(=O)cnc34)cc2F)n(-c2ccnc(O)c2)n1. The molecule has 0 fully saturated rings. The fourth-order valence-electron chi connectivity index (χ4n) is 3.64. The number of aromatic amines is 1. The van der Waals surface area contributed by atoms with Crippen LogP contribution in [0.4, 0.5) is 20.7 Å². The van der Waals surface area contributed by atoms with Gasteiger partial charge < -0.3 is 20.1 Å². The van der Waals surface area contributed by atoms with Crippen LogP contribution >= 0.6 is 0 Å². The predicted molar refractivity (Wildman–Crippen MR) is 141 cm³/mol. The van der Waals surface area contributed by atoms with Crippen molar-refractivity contribution in [2.75, 3.05) is 10.6 Å². The molecule has 0 aliphatic rings. The Balaban J connectivity index is 1.35. The second-order valence-corrected chi connectivity index (χ2v) is 9.53. The molecule has 0 atom stereocenters. The van der Waals surface area contributed by atoms with Gasteiger partial charge in [0.25, 0.3) is 5.56 Å². The van der Waals surface area contributed by atoms with Crippen LogP contribution in [0.2, 0.25) is 0 Å². The number of anilines is 2. The predicted octanol–water partition coefficient (Wildman–Crippen LogP) is 4.48. The highest BCUT2D eigenvalue weighted by atomic mass is 19.1. The number of H-pyrrole nitrogens is 1. The monoisotopic (exact) mass is 530 g/mol. The van der Waals surface area contributed by atoms with E-state index >= 15 is 0 Å². The highest BCUT2D eigenvalue weighted by molar-refractivity contribution is 5.99. The van der Waals surface area contributed by atoms with Crippen molar-refractivity contribution < 1.29 is 19.0 Å². The van der Waals surface area contributed by atoms with E-state index in [0.29, 0.717) is 22.7 Å². The van der Waals surface area contributed by atoms with Crippen molar-refractivity contribution >= 4 is 28.7 Å². The average Bonchev–Trinajstić information content (AvgIpc) is 3.30. The van der Waals surface area contributed by atoms with E-state index in [4.69, 9.17) is 4.74 Å². The van der Waals surface area contributed by atoms with E-state index in [0.717, 1.165) is 12.3 Å². The second kappa shape index (κ2) is 9.85. The van der Waals surface area contributed by atoms with Gasteiger partial charge in [0.2, 0.25) is 5.88 Å². The van der Waals surface area contributed by atoms with Gasteiger partial charge in [-0.15, -0.1) is 0 Å². The molecule has 2 amide bonds. The third-order valence-corrected chi connectivity index (χ3v) is 5.55. The number of benzene rings is 1. The van der Waals surface area contributed by atoms with Crippen molar-refractivity contribution in [1.82, 2.24) is 29.7 Å². The summed E-state index contributed by atoms with van der Waals surface area (Å²) in [5, 5.41) is 19.5. The summed E-state index contributed by atoms with van der Waals surface area (Å²) in [5.74, 6) is -0.240. The number of amides is 2. The first-order chi connectivity index (χ1) is 18.6. The number of pyridine rings is 2. The first-order valence-corrected chi connectivity index (χ1v) is 11.7. The largest absolute Gasteiger partial charge is 0.493 e. The summed E-state index contributed by atoms with van der Waals surface area (Å²) in [6, 6.07) is 9.47. The van der Waals surface area contributed by atoms with Gasteiger partial charge in [-0.25, -0.2) is 28.8 Å². The molecule has 13 heteroatoms. The summed E-state index contributed by atoms with van der Waals surface area (Å²) in [4.78, 5) is 38.7. The molecule has 4 aromatic heterocycles. The number of fused-ring (bicyclic) bond motifs is 1. The molecule has 0 saturated carbocycles. The fourth-order valence-corrected chi connectivity index (χ4v) is 3.64. The molecule has 0 aliphatic carbocycles. The van der Waals surface area contributed by atoms with E-state index in [9.17, 15) is 19.1 Å². The zero-order valence-electron chi connectivity index (χ0n) is 21.1. The van der Waals surface area contributed by atoms with E-state index in [2.05, 4.69) is 35.7 Å². The highest BCUT2D eigenvalue weighted by Gasteiger charge is 2.22. The standard InChI is InChI=1S/C26H23FN8O4/c1-26(2,3)19-12-20(35(34-19)14-6-8-28-21(36)10-14)32-25(38)31-17-5-4-15(11-16(17)27)39-18-7-9-29-24-23(18)30-13-22(37)33-24/h4-13H,1-3H3,(H,28,36)(H,29,33,37)(H2,31,32,38). The Labute approximate surface area is 220 Å². The molecule has 198 valence electrons. The van der Waals surface area contributed by atoms with Crippen molar-refractivity contribution in [2.24, 2.45) is 0 Å². The number of rotatable bonds is 5. The summed E-state index contributed by atoms with van der Waals surface area (Å²) >= 11 is 0.